The van der Waals surface area contributed by atoms with Crippen molar-refractivity contribution in [2.24, 2.45) is 0 Å². The molecular formula is C8H11NO. The first-order valence-electron chi connectivity index (χ1n) is 3.17. The molecule has 10 heavy (non-hydrogen) atoms. The molecule has 0 atom stereocenters. The monoisotopic (exact) mass is 137 g/mol. The first-order valence-corrected chi connectivity index (χ1v) is 3.17. The maximum Gasteiger partial charge on any atom is 0.102 e. The summed E-state index contributed by atoms with van der Waals surface area (Å²) in [5, 5.41) is 0. The quantitative estimate of drug-likeness (QED) is 0.568. The van der Waals surface area contributed by atoms with Crippen LogP contribution in [0.5, 0.6) is 0 Å². The van der Waals surface area contributed by atoms with Gasteiger partial charge in [-0.05, 0) is 19.1 Å². The van der Waals surface area contributed by atoms with Crippen LogP contribution < -0.4 is 0 Å². The van der Waals surface area contributed by atoms with Crippen molar-refractivity contribution in [2.75, 3.05) is 7.11 Å². The molecule has 0 fully saturated rings. The van der Waals surface area contributed by atoms with E-state index in [0.717, 1.165) is 5.70 Å². The van der Waals surface area contributed by atoms with Gasteiger partial charge in [0.1, 0.15) is 6.26 Å². The van der Waals surface area contributed by atoms with Crippen molar-refractivity contribution in [1.29, 1.82) is 0 Å². The molecule has 0 N–H and O–H groups in total. The topological polar surface area (TPSA) is 14.2 Å². The first kappa shape index (κ1) is 6.93. The minimum absolute atomic E-state index is 1.08. The molecule has 54 valence electrons. The van der Waals surface area contributed by atoms with Gasteiger partial charge in [0.05, 0.1) is 12.8 Å². The highest BCUT2D eigenvalue weighted by molar-refractivity contribution is 5.40. The van der Waals surface area contributed by atoms with Crippen molar-refractivity contribution in [2.45, 2.75) is 6.92 Å². The number of nitrogens with zero attached hydrogens (tertiary/aromatic N) is 1. The van der Waals surface area contributed by atoms with Crippen LogP contribution >= 0.6 is 0 Å². The van der Waals surface area contributed by atoms with Crippen LogP contribution in [-0.4, -0.2) is 11.7 Å². The van der Waals surface area contributed by atoms with Gasteiger partial charge in [0.15, 0.2) is 0 Å². The Morgan fingerprint density at radius 1 is 1.40 bits per heavy atom. The number of hydrogen-bond acceptors (Lipinski definition) is 1. The average Bonchev–Trinajstić information content (AvgIpc) is 2.38. The van der Waals surface area contributed by atoms with Gasteiger partial charge in [0.2, 0.25) is 0 Å². The Morgan fingerprint density at radius 3 is 2.50 bits per heavy atom. The van der Waals surface area contributed by atoms with E-state index in [1.165, 1.54) is 0 Å². The summed E-state index contributed by atoms with van der Waals surface area (Å²) in [4.78, 5) is 0. The molecule has 0 aliphatic heterocycles. The predicted octanol–water partition coefficient (Wildman–Crippen LogP) is 1.95. The van der Waals surface area contributed by atoms with Crippen LogP contribution in [-0.2, 0) is 4.74 Å². The summed E-state index contributed by atoms with van der Waals surface area (Å²) < 4.78 is 6.83. The van der Waals surface area contributed by atoms with Crippen molar-refractivity contribution < 1.29 is 4.74 Å². The summed E-state index contributed by atoms with van der Waals surface area (Å²) in [6, 6.07) is 3.96. The molecule has 1 rings (SSSR count). The van der Waals surface area contributed by atoms with Gasteiger partial charge in [-0.15, -0.1) is 0 Å². The van der Waals surface area contributed by atoms with E-state index < -0.39 is 0 Å². The molecule has 2 heteroatoms. The third kappa shape index (κ3) is 1.41. The second kappa shape index (κ2) is 3.11. The molecule has 0 saturated carbocycles. The SMILES string of the molecule is COC=C(C)n1cccc1. The van der Waals surface area contributed by atoms with Gasteiger partial charge in [-0.3, -0.25) is 0 Å². The average molecular weight is 137 g/mol. The Balaban J connectivity index is 2.77. The lowest BCUT2D eigenvalue weighted by Gasteiger charge is -2.00. The van der Waals surface area contributed by atoms with Crippen molar-refractivity contribution >= 4 is 5.70 Å². The van der Waals surface area contributed by atoms with Gasteiger partial charge in [-0.25, -0.2) is 0 Å². The van der Waals surface area contributed by atoms with E-state index in [2.05, 4.69) is 0 Å². The van der Waals surface area contributed by atoms with Gasteiger partial charge < -0.3 is 9.30 Å². The highest BCUT2D eigenvalue weighted by Crippen LogP contribution is 2.02. The lowest BCUT2D eigenvalue weighted by molar-refractivity contribution is 0.338. The molecule has 1 aromatic rings. The van der Waals surface area contributed by atoms with E-state index >= 15 is 0 Å². The number of aromatic nitrogens is 1. The van der Waals surface area contributed by atoms with E-state index in [1.807, 2.05) is 36.0 Å². The lowest BCUT2D eigenvalue weighted by Crippen LogP contribution is -1.88. The Labute approximate surface area is 60.7 Å². The van der Waals surface area contributed by atoms with Gasteiger partial charge >= 0.3 is 0 Å². The van der Waals surface area contributed by atoms with Crippen LogP contribution in [0.1, 0.15) is 6.92 Å². The third-order valence-electron chi connectivity index (χ3n) is 1.30. The van der Waals surface area contributed by atoms with Crippen LogP contribution in [0.15, 0.2) is 30.8 Å². The smallest absolute Gasteiger partial charge is 0.102 e. The van der Waals surface area contributed by atoms with Gasteiger partial charge in [-0.2, -0.15) is 0 Å². The standard InChI is InChI=1S/C8H11NO/c1-8(7-10-2)9-5-3-4-6-9/h3-7H,1-2H3. The Bertz CT molecular complexity index is 211. The molecule has 0 amide bonds. The number of allylic oxidation sites excluding steroid dienone is 1. The van der Waals surface area contributed by atoms with Gasteiger partial charge in [0, 0.05) is 12.4 Å². The van der Waals surface area contributed by atoms with E-state index in [4.69, 9.17) is 4.74 Å². The highest BCUT2D eigenvalue weighted by Gasteiger charge is 1.88. The number of rotatable bonds is 2. The van der Waals surface area contributed by atoms with Gasteiger partial charge in [0.25, 0.3) is 0 Å². The van der Waals surface area contributed by atoms with Gasteiger partial charge in [-0.1, -0.05) is 0 Å². The third-order valence-corrected chi connectivity index (χ3v) is 1.30. The molecule has 0 aliphatic rings. The fraction of sp³-hybridized carbons (Fsp3) is 0.250. The Hall–Kier alpha value is -1.18. The van der Waals surface area contributed by atoms with E-state index in [-0.39, 0.29) is 0 Å². The molecule has 0 radical (unpaired) electrons. The molecule has 0 spiro atoms. The zero-order chi connectivity index (χ0) is 7.40. The summed E-state index contributed by atoms with van der Waals surface area (Å²) in [5.41, 5.74) is 1.08. The summed E-state index contributed by atoms with van der Waals surface area (Å²) in [5.74, 6) is 0. The molecule has 1 heterocycles. The van der Waals surface area contributed by atoms with Crippen molar-refractivity contribution in [3.05, 3.63) is 30.8 Å². The summed E-state index contributed by atoms with van der Waals surface area (Å²) in [6.07, 6.45) is 5.66. The Morgan fingerprint density at radius 2 is 2.00 bits per heavy atom. The van der Waals surface area contributed by atoms with Crippen LogP contribution in [0.2, 0.25) is 0 Å². The van der Waals surface area contributed by atoms with Crippen LogP contribution in [0, 0.1) is 0 Å². The van der Waals surface area contributed by atoms with E-state index in [0.29, 0.717) is 0 Å². The molecule has 0 unspecified atom stereocenters. The number of methoxy groups -OCH3 is 1. The first-order chi connectivity index (χ1) is 4.84. The Kier molecular flexibility index (Phi) is 2.15. The minimum Gasteiger partial charge on any atom is -0.503 e. The molecular weight excluding hydrogens is 126 g/mol. The predicted molar refractivity (Wildman–Crippen MR) is 41.4 cm³/mol. The molecule has 0 saturated heterocycles. The second-order valence-electron chi connectivity index (χ2n) is 2.09. The van der Waals surface area contributed by atoms with E-state index in [9.17, 15) is 0 Å². The number of hydrogen-bond donors (Lipinski definition) is 0. The summed E-state index contributed by atoms with van der Waals surface area (Å²) in [6.45, 7) is 1.99. The normalized spacial score (nSPS) is 11.6. The maximum atomic E-state index is 4.84. The molecule has 0 bridgehead atoms. The fourth-order valence-corrected chi connectivity index (χ4v) is 0.801. The van der Waals surface area contributed by atoms with E-state index in [1.54, 1.807) is 13.4 Å². The molecule has 0 aliphatic carbocycles. The molecule has 2 nitrogen and oxygen atoms in total. The fourth-order valence-electron chi connectivity index (χ4n) is 0.801. The minimum atomic E-state index is 1.08. The van der Waals surface area contributed by atoms with Crippen molar-refractivity contribution in [3.63, 3.8) is 0 Å². The maximum absolute atomic E-state index is 4.84. The van der Waals surface area contributed by atoms with Crippen LogP contribution in [0.3, 0.4) is 0 Å². The largest absolute Gasteiger partial charge is 0.503 e. The zero-order valence-corrected chi connectivity index (χ0v) is 6.24. The second-order valence-corrected chi connectivity index (χ2v) is 2.09. The number of ether oxygens (including phenoxy) is 1. The van der Waals surface area contributed by atoms with Crippen LogP contribution in [0.25, 0.3) is 5.70 Å². The summed E-state index contributed by atoms with van der Waals surface area (Å²) in [7, 11) is 1.65. The van der Waals surface area contributed by atoms with Crippen LogP contribution in [0.4, 0.5) is 0 Å². The molecule has 0 aromatic carbocycles. The summed E-state index contributed by atoms with van der Waals surface area (Å²) >= 11 is 0. The van der Waals surface area contributed by atoms with Crippen molar-refractivity contribution in [1.82, 2.24) is 4.57 Å². The zero-order valence-electron chi connectivity index (χ0n) is 6.24. The van der Waals surface area contributed by atoms with Crippen molar-refractivity contribution in [3.8, 4) is 0 Å². The lowest BCUT2D eigenvalue weighted by atomic mass is 10.5. The molecule has 1 aromatic heterocycles. The highest BCUT2D eigenvalue weighted by atomic mass is 16.5.